The van der Waals surface area contributed by atoms with Gasteiger partial charge in [-0.25, -0.2) is 0 Å². The largest absolute Gasteiger partial charge is 0.493 e. The number of amides is 1. The van der Waals surface area contributed by atoms with Crippen LogP contribution in [0, 0.1) is 5.41 Å². The molecule has 0 aromatic heterocycles. The van der Waals surface area contributed by atoms with E-state index in [0.29, 0.717) is 13.0 Å². The SMILES string of the molecule is CCC(C)(C)C(=O)C(=O)NCCCCCCCCc1ccc(OC)c(OC)c1. The van der Waals surface area contributed by atoms with Crippen molar-refractivity contribution >= 4 is 11.7 Å². The van der Waals surface area contributed by atoms with Crippen molar-refractivity contribution in [3.63, 3.8) is 0 Å². The highest BCUT2D eigenvalue weighted by Crippen LogP contribution is 2.28. The van der Waals surface area contributed by atoms with Gasteiger partial charge in [0.1, 0.15) is 0 Å². The van der Waals surface area contributed by atoms with E-state index in [1.165, 1.54) is 18.4 Å². The normalized spacial score (nSPS) is 11.2. The highest BCUT2D eigenvalue weighted by Gasteiger charge is 2.30. The van der Waals surface area contributed by atoms with Crippen LogP contribution in [0.4, 0.5) is 0 Å². The minimum Gasteiger partial charge on any atom is -0.493 e. The van der Waals surface area contributed by atoms with Crippen molar-refractivity contribution in [1.82, 2.24) is 5.32 Å². The third-order valence-corrected chi connectivity index (χ3v) is 5.33. The van der Waals surface area contributed by atoms with Crippen molar-refractivity contribution in [2.24, 2.45) is 5.41 Å². The fourth-order valence-electron chi connectivity index (χ4n) is 2.95. The number of benzene rings is 1. The van der Waals surface area contributed by atoms with E-state index in [1.54, 1.807) is 14.2 Å². The van der Waals surface area contributed by atoms with E-state index >= 15 is 0 Å². The molecule has 5 nitrogen and oxygen atoms in total. The third kappa shape index (κ3) is 7.91. The standard InChI is InChI=1S/C23H37NO4/c1-6-23(2,3)21(25)22(26)24-16-12-10-8-7-9-11-13-18-14-15-19(27-4)20(17-18)28-5/h14-15,17H,6-13,16H2,1-5H3,(H,24,26). The van der Waals surface area contributed by atoms with Crippen LogP contribution in [0.25, 0.3) is 0 Å². The second kappa shape index (κ2) is 12.4. The van der Waals surface area contributed by atoms with E-state index in [9.17, 15) is 9.59 Å². The molecule has 0 atom stereocenters. The Bertz CT molecular complexity index is 625. The predicted molar refractivity (Wildman–Crippen MR) is 113 cm³/mol. The van der Waals surface area contributed by atoms with Crippen LogP contribution < -0.4 is 14.8 Å². The molecule has 0 radical (unpaired) electrons. The Labute approximate surface area is 170 Å². The highest BCUT2D eigenvalue weighted by molar-refractivity contribution is 6.37. The summed E-state index contributed by atoms with van der Waals surface area (Å²) in [4.78, 5) is 23.9. The minimum atomic E-state index is -0.571. The second-order valence-corrected chi connectivity index (χ2v) is 7.88. The monoisotopic (exact) mass is 391 g/mol. The number of unbranched alkanes of at least 4 members (excludes halogenated alkanes) is 5. The zero-order valence-electron chi connectivity index (χ0n) is 18.2. The van der Waals surface area contributed by atoms with Gasteiger partial charge in [0, 0.05) is 12.0 Å². The summed E-state index contributed by atoms with van der Waals surface area (Å²) in [6.07, 6.45) is 8.35. The summed E-state index contributed by atoms with van der Waals surface area (Å²) in [6, 6.07) is 6.09. The molecule has 1 rings (SSSR count). The second-order valence-electron chi connectivity index (χ2n) is 7.88. The zero-order chi connectivity index (χ0) is 21.0. The minimum absolute atomic E-state index is 0.315. The number of ether oxygens (including phenoxy) is 2. The topological polar surface area (TPSA) is 64.6 Å². The lowest BCUT2D eigenvalue weighted by Crippen LogP contribution is -2.39. The maximum atomic E-state index is 12.0. The molecule has 1 aromatic carbocycles. The number of ketones is 1. The van der Waals surface area contributed by atoms with Crippen molar-refractivity contribution in [1.29, 1.82) is 0 Å². The number of methoxy groups -OCH3 is 2. The van der Waals surface area contributed by atoms with E-state index < -0.39 is 11.3 Å². The Hall–Kier alpha value is -2.04. The van der Waals surface area contributed by atoms with Crippen LogP contribution in [0.15, 0.2) is 18.2 Å². The summed E-state index contributed by atoms with van der Waals surface area (Å²) in [5, 5.41) is 2.76. The summed E-state index contributed by atoms with van der Waals surface area (Å²) in [6.45, 7) is 6.14. The third-order valence-electron chi connectivity index (χ3n) is 5.33. The average Bonchev–Trinajstić information content (AvgIpc) is 2.71. The fraction of sp³-hybridized carbons (Fsp3) is 0.652. The summed E-state index contributed by atoms with van der Waals surface area (Å²) in [5.41, 5.74) is 0.692. The van der Waals surface area contributed by atoms with Gasteiger partial charge in [0.2, 0.25) is 5.78 Å². The van der Waals surface area contributed by atoms with Gasteiger partial charge in [-0.15, -0.1) is 0 Å². The lowest BCUT2D eigenvalue weighted by Gasteiger charge is -2.19. The molecule has 1 aromatic rings. The molecule has 0 bridgehead atoms. The molecule has 0 heterocycles. The molecule has 0 spiro atoms. The molecular weight excluding hydrogens is 354 g/mol. The van der Waals surface area contributed by atoms with Crippen LogP contribution in [-0.4, -0.2) is 32.5 Å². The van der Waals surface area contributed by atoms with Gasteiger partial charge in [-0.1, -0.05) is 52.5 Å². The van der Waals surface area contributed by atoms with Crippen LogP contribution in [-0.2, 0) is 16.0 Å². The maximum Gasteiger partial charge on any atom is 0.287 e. The molecule has 1 N–H and O–H groups in total. The number of carbonyl (C=O) groups excluding carboxylic acids is 2. The first kappa shape index (κ1) is 24.0. The molecule has 0 fully saturated rings. The Morgan fingerprint density at radius 2 is 1.54 bits per heavy atom. The van der Waals surface area contributed by atoms with Gasteiger partial charge >= 0.3 is 0 Å². The van der Waals surface area contributed by atoms with Crippen LogP contribution in [0.1, 0.15) is 71.3 Å². The zero-order valence-corrected chi connectivity index (χ0v) is 18.2. The van der Waals surface area contributed by atoms with Crippen molar-refractivity contribution in [2.75, 3.05) is 20.8 Å². The molecule has 0 saturated heterocycles. The number of carbonyl (C=O) groups is 2. The Morgan fingerprint density at radius 3 is 2.14 bits per heavy atom. The summed E-state index contributed by atoms with van der Waals surface area (Å²) in [7, 11) is 3.30. The van der Waals surface area contributed by atoms with Gasteiger partial charge in [0.05, 0.1) is 14.2 Å². The first-order valence-electron chi connectivity index (χ1n) is 10.4. The predicted octanol–water partition coefficient (Wildman–Crippen LogP) is 4.71. The molecule has 0 unspecified atom stereocenters. The van der Waals surface area contributed by atoms with E-state index in [-0.39, 0.29) is 5.78 Å². The molecule has 5 heteroatoms. The lowest BCUT2D eigenvalue weighted by atomic mass is 9.85. The summed E-state index contributed by atoms with van der Waals surface area (Å²) < 4.78 is 10.6. The Kier molecular flexibility index (Phi) is 10.6. The van der Waals surface area contributed by atoms with Gasteiger partial charge in [-0.2, -0.15) is 0 Å². The van der Waals surface area contributed by atoms with E-state index in [1.807, 2.05) is 32.9 Å². The molecule has 0 aliphatic carbocycles. The van der Waals surface area contributed by atoms with E-state index in [0.717, 1.165) is 43.6 Å². The van der Waals surface area contributed by atoms with Crippen LogP contribution >= 0.6 is 0 Å². The Balaban J connectivity index is 2.11. The summed E-state index contributed by atoms with van der Waals surface area (Å²) >= 11 is 0. The number of hydrogen-bond donors (Lipinski definition) is 1. The van der Waals surface area contributed by atoms with Crippen LogP contribution in [0.2, 0.25) is 0 Å². The number of rotatable bonds is 14. The first-order valence-corrected chi connectivity index (χ1v) is 10.4. The van der Waals surface area contributed by atoms with Crippen molar-refractivity contribution in [2.45, 2.75) is 72.1 Å². The molecule has 0 saturated carbocycles. The molecule has 0 aliphatic rings. The number of nitrogens with one attached hydrogen (secondary N) is 1. The number of aryl methyl sites for hydroxylation is 1. The highest BCUT2D eigenvalue weighted by atomic mass is 16.5. The van der Waals surface area contributed by atoms with Gasteiger partial charge in [0.25, 0.3) is 5.91 Å². The summed E-state index contributed by atoms with van der Waals surface area (Å²) in [5.74, 6) is 0.785. The molecule has 1 amide bonds. The van der Waals surface area contributed by atoms with Crippen molar-refractivity contribution in [3.05, 3.63) is 23.8 Å². The van der Waals surface area contributed by atoms with Gasteiger partial charge < -0.3 is 14.8 Å². The van der Waals surface area contributed by atoms with Crippen LogP contribution in [0.3, 0.4) is 0 Å². The quantitative estimate of drug-likeness (QED) is 0.368. The first-order chi connectivity index (χ1) is 13.4. The van der Waals surface area contributed by atoms with Crippen molar-refractivity contribution in [3.8, 4) is 11.5 Å². The average molecular weight is 392 g/mol. The maximum absolute atomic E-state index is 12.0. The van der Waals surface area contributed by atoms with Gasteiger partial charge in [0.15, 0.2) is 11.5 Å². The van der Waals surface area contributed by atoms with E-state index in [4.69, 9.17) is 9.47 Å². The van der Waals surface area contributed by atoms with Crippen LogP contribution in [0.5, 0.6) is 11.5 Å². The smallest absolute Gasteiger partial charge is 0.287 e. The fourth-order valence-corrected chi connectivity index (χ4v) is 2.95. The molecule has 28 heavy (non-hydrogen) atoms. The molecule has 0 aliphatic heterocycles. The van der Waals surface area contributed by atoms with Gasteiger partial charge in [-0.05, 0) is 43.4 Å². The van der Waals surface area contributed by atoms with Crippen molar-refractivity contribution < 1.29 is 19.1 Å². The Morgan fingerprint density at radius 1 is 0.929 bits per heavy atom. The number of hydrogen-bond acceptors (Lipinski definition) is 4. The molecule has 158 valence electrons. The molecular formula is C23H37NO4. The lowest BCUT2D eigenvalue weighted by molar-refractivity contribution is -0.143. The van der Waals surface area contributed by atoms with Gasteiger partial charge in [-0.3, -0.25) is 9.59 Å². The van der Waals surface area contributed by atoms with E-state index in [2.05, 4.69) is 11.4 Å². The number of Topliss-reactive ketones (excluding diaryl/α,β-unsaturated/α-hetero) is 1.